The molecule has 3 rings (SSSR count). The molecule has 0 fully saturated rings. The van der Waals surface area contributed by atoms with Crippen molar-refractivity contribution in [3.63, 3.8) is 0 Å². The van der Waals surface area contributed by atoms with Crippen LogP contribution in [-0.2, 0) is 11.3 Å². The van der Waals surface area contributed by atoms with Gasteiger partial charge in [0.15, 0.2) is 12.1 Å². The molecule has 0 bridgehead atoms. The maximum atomic E-state index is 13.0. The van der Waals surface area contributed by atoms with Crippen LogP contribution in [0.2, 0.25) is 5.02 Å². The summed E-state index contributed by atoms with van der Waals surface area (Å²) in [6.07, 6.45) is 0.695. The third kappa shape index (κ3) is 3.81. The van der Waals surface area contributed by atoms with Crippen LogP contribution in [0.15, 0.2) is 36.4 Å². The van der Waals surface area contributed by atoms with Gasteiger partial charge in [-0.15, -0.1) is 0 Å². The van der Waals surface area contributed by atoms with E-state index < -0.39 is 0 Å². The standard InChI is InChI=1S/C18H16ClFN2O3/c1-2-24-8-7-22-16-10-17(25-13-5-3-12(20)4-6-13)14(19)9-15(16)21-18(22)11-23/h3-6,9-11H,2,7-8H2,1H3. The van der Waals surface area contributed by atoms with Crippen LogP contribution in [0, 0.1) is 5.82 Å². The fraction of sp³-hybridized carbons (Fsp3) is 0.222. The monoisotopic (exact) mass is 362 g/mol. The Labute approximate surface area is 148 Å². The first-order valence-corrected chi connectivity index (χ1v) is 8.16. The Hall–Kier alpha value is -2.44. The largest absolute Gasteiger partial charge is 0.456 e. The number of hydrogen-bond donors (Lipinski definition) is 0. The zero-order valence-electron chi connectivity index (χ0n) is 13.5. The molecule has 25 heavy (non-hydrogen) atoms. The van der Waals surface area contributed by atoms with Crippen LogP contribution in [0.25, 0.3) is 11.0 Å². The van der Waals surface area contributed by atoms with Crippen LogP contribution in [0.4, 0.5) is 4.39 Å². The summed E-state index contributed by atoms with van der Waals surface area (Å²) < 4.78 is 25.9. The van der Waals surface area contributed by atoms with E-state index in [-0.39, 0.29) is 5.82 Å². The number of carbonyl (C=O) groups excluding carboxylic acids is 1. The van der Waals surface area contributed by atoms with Gasteiger partial charge >= 0.3 is 0 Å². The van der Waals surface area contributed by atoms with Crippen LogP contribution in [0.3, 0.4) is 0 Å². The lowest BCUT2D eigenvalue weighted by Crippen LogP contribution is -2.09. The molecule has 0 saturated heterocycles. The number of nitrogens with zero attached hydrogens (tertiary/aromatic N) is 2. The molecular weight excluding hydrogens is 347 g/mol. The first-order chi connectivity index (χ1) is 12.1. The number of aromatic nitrogens is 2. The molecule has 5 nitrogen and oxygen atoms in total. The van der Waals surface area contributed by atoms with Crippen molar-refractivity contribution < 1.29 is 18.7 Å². The molecule has 0 spiro atoms. The van der Waals surface area contributed by atoms with Crippen LogP contribution in [0.1, 0.15) is 17.5 Å². The minimum Gasteiger partial charge on any atom is -0.456 e. The lowest BCUT2D eigenvalue weighted by atomic mass is 10.3. The predicted molar refractivity (Wildman–Crippen MR) is 93.1 cm³/mol. The molecule has 1 heterocycles. The molecule has 1 aromatic heterocycles. The van der Waals surface area contributed by atoms with Gasteiger partial charge in [0, 0.05) is 19.2 Å². The van der Waals surface area contributed by atoms with Gasteiger partial charge < -0.3 is 14.0 Å². The molecule has 0 aliphatic heterocycles. The van der Waals surface area contributed by atoms with Gasteiger partial charge in [-0.1, -0.05) is 11.6 Å². The van der Waals surface area contributed by atoms with Gasteiger partial charge in [-0.25, -0.2) is 9.37 Å². The molecule has 0 aliphatic carbocycles. The molecule has 2 aromatic carbocycles. The summed E-state index contributed by atoms with van der Waals surface area (Å²) in [6.45, 7) is 3.44. The van der Waals surface area contributed by atoms with E-state index in [0.717, 1.165) is 0 Å². The third-order valence-corrected chi connectivity index (χ3v) is 3.94. The first-order valence-electron chi connectivity index (χ1n) is 7.78. The minimum atomic E-state index is -0.349. The van der Waals surface area contributed by atoms with Crippen LogP contribution in [-0.4, -0.2) is 29.1 Å². The van der Waals surface area contributed by atoms with E-state index in [1.165, 1.54) is 24.3 Å². The molecule has 0 saturated carbocycles. The number of carbonyl (C=O) groups is 1. The average molecular weight is 363 g/mol. The van der Waals surface area contributed by atoms with E-state index >= 15 is 0 Å². The zero-order valence-corrected chi connectivity index (χ0v) is 14.3. The van der Waals surface area contributed by atoms with Crippen molar-refractivity contribution in [2.24, 2.45) is 0 Å². The van der Waals surface area contributed by atoms with Crippen molar-refractivity contribution in [3.05, 3.63) is 53.1 Å². The van der Waals surface area contributed by atoms with Gasteiger partial charge in [0.25, 0.3) is 0 Å². The molecule has 130 valence electrons. The number of hydrogen-bond acceptors (Lipinski definition) is 4. The molecule has 0 amide bonds. The smallest absolute Gasteiger partial charge is 0.185 e. The molecule has 0 N–H and O–H groups in total. The lowest BCUT2D eigenvalue weighted by Gasteiger charge is -2.10. The summed E-state index contributed by atoms with van der Waals surface area (Å²) in [6, 6.07) is 8.99. The SMILES string of the molecule is CCOCCn1c(C=O)nc2cc(Cl)c(Oc3ccc(F)cc3)cc21. The second kappa shape index (κ2) is 7.63. The molecule has 0 unspecified atom stereocenters. The van der Waals surface area contributed by atoms with Crippen molar-refractivity contribution in [1.29, 1.82) is 0 Å². The van der Waals surface area contributed by atoms with E-state index in [4.69, 9.17) is 21.1 Å². The summed E-state index contributed by atoms with van der Waals surface area (Å²) in [7, 11) is 0. The number of ether oxygens (including phenoxy) is 2. The number of aldehydes is 1. The van der Waals surface area contributed by atoms with Crippen molar-refractivity contribution >= 4 is 28.9 Å². The van der Waals surface area contributed by atoms with Gasteiger partial charge in [-0.3, -0.25) is 4.79 Å². The molecular formula is C18H16ClFN2O3. The van der Waals surface area contributed by atoms with Gasteiger partial charge in [0.2, 0.25) is 0 Å². The highest BCUT2D eigenvalue weighted by atomic mass is 35.5. The quantitative estimate of drug-likeness (QED) is 0.459. The summed E-state index contributed by atoms with van der Waals surface area (Å²) in [5.74, 6) is 0.803. The van der Waals surface area contributed by atoms with E-state index in [1.54, 1.807) is 16.7 Å². The minimum absolute atomic E-state index is 0.296. The lowest BCUT2D eigenvalue weighted by molar-refractivity contribution is 0.110. The molecule has 7 heteroatoms. The molecule has 3 aromatic rings. The van der Waals surface area contributed by atoms with Crippen molar-refractivity contribution in [2.45, 2.75) is 13.5 Å². The van der Waals surface area contributed by atoms with Crippen LogP contribution >= 0.6 is 11.6 Å². The second-order valence-corrected chi connectivity index (χ2v) is 5.67. The summed E-state index contributed by atoms with van der Waals surface area (Å²) in [5.41, 5.74) is 1.30. The Bertz CT molecular complexity index is 893. The Kier molecular flexibility index (Phi) is 5.31. The zero-order chi connectivity index (χ0) is 17.8. The Balaban J connectivity index is 1.98. The highest BCUT2D eigenvalue weighted by molar-refractivity contribution is 6.32. The summed E-state index contributed by atoms with van der Waals surface area (Å²) in [5, 5.41) is 0.351. The summed E-state index contributed by atoms with van der Waals surface area (Å²) in [4.78, 5) is 15.6. The normalized spacial score (nSPS) is 11.0. The topological polar surface area (TPSA) is 53.4 Å². The van der Waals surface area contributed by atoms with Crippen molar-refractivity contribution in [2.75, 3.05) is 13.2 Å². The maximum absolute atomic E-state index is 13.0. The van der Waals surface area contributed by atoms with Crippen LogP contribution in [0.5, 0.6) is 11.5 Å². The Morgan fingerprint density at radius 1 is 1.28 bits per heavy atom. The average Bonchev–Trinajstić information content (AvgIpc) is 2.94. The number of rotatable bonds is 7. The molecule has 0 atom stereocenters. The van der Waals surface area contributed by atoms with E-state index in [0.29, 0.717) is 59.4 Å². The molecule has 0 radical (unpaired) electrons. The fourth-order valence-electron chi connectivity index (χ4n) is 2.48. The van der Waals surface area contributed by atoms with Crippen LogP contribution < -0.4 is 4.74 Å². The highest BCUT2D eigenvalue weighted by Crippen LogP contribution is 2.33. The van der Waals surface area contributed by atoms with Crippen molar-refractivity contribution in [1.82, 2.24) is 9.55 Å². The summed E-state index contributed by atoms with van der Waals surface area (Å²) >= 11 is 6.25. The first kappa shape index (κ1) is 17.4. The number of halogens is 2. The van der Waals surface area contributed by atoms with Gasteiger partial charge in [0.05, 0.1) is 22.7 Å². The number of benzene rings is 2. The second-order valence-electron chi connectivity index (χ2n) is 5.26. The Morgan fingerprint density at radius 3 is 2.72 bits per heavy atom. The van der Waals surface area contributed by atoms with Crippen molar-refractivity contribution in [3.8, 4) is 11.5 Å². The predicted octanol–water partition coefficient (Wildman–Crippen LogP) is 4.47. The van der Waals surface area contributed by atoms with Gasteiger partial charge in [-0.2, -0.15) is 0 Å². The van der Waals surface area contributed by atoms with E-state index in [1.807, 2.05) is 6.92 Å². The van der Waals surface area contributed by atoms with Gasteiger partial charge in [0.1, 0.15) is 17.3 Å². The van der Waals surface area contributed by atoms with Gasteiger partial charge in [-0.05, 0) is 37.3 Å². The highest BCUT2D eigenvalue weighted by Gasteiger charge is 2.14. The number of fused-ring (bicyclic) bond motifs is 1. The van der Waals surface area contributed by atoms with E-state index in [9.17, 15) is 9.18 Å². The number of imidazole rings is 1. The van der Waals surface area contributed by atoms with E-state index in [2.05, 4.69) is 4.98 Å². The third-order valence-electron chi connectivity index (χ3n) is 3.64. The Morgan fingerprint density at radius 2 is 2.04 bits per heavy atom. The fourth-order valence-corrected chi connectivity index (χ4v) is 2.67. The molecule has 0 aliphatic rings. The maximum Gasteiger partial charge on any atom is 0.185 e.